The molecule has 1 saturated carbocycles. The van der Waals surface area contributed by atoms with E-state index in [2.05, 4.69) is 10.6 Å². The van der Waals surface area contributed by atoms with Gasteiger partial charge in [-0.05, 0) is 44.1 Å². The molecule has 1 aliphatic heterocycles. The predicted molar refractivity (Wildman–Crippen MR) is 107 cm³/mol. The number of likely N-dealkylation sites (tertiary alicyclic amines) is 1. The molecule has 0 spiro atoms. The standard InChI is InChI=1S/C22H33N3O2/c1-17(19-8-4-2-5-9-19)23-21(26)16-18-12-14-25(15-13-18)22(27)24-20-10-6-3-7-11-20/h2,4-5,8-9,17-18,20H,3,6-7,10-16H2,1H3,(H,23,26)(H,24,27)/t17-/m1/s1. The lowest BCUT2D eigenvalue weighted by Gasteiger charge is -2.34. The van der Waals surface area contributed by atoms with E-state index in [1.165, 1.54) is 19.3 Å². The smallest absolute Gasteiger partial charge is 0.317 e. The summed E-state index contributed by atoms with van der Waals surface area (Å²) in [5.74, 6) is 0.475. The predicted octanol–water partition coefficient (Wildman–Crippen LogP) is 4.01. The first-order valence-corrected chi connectivity index (χ1v) is 10.5. The van der Waals surface area contributed by atoms with E-state index in [4.69, 9.17) is 0 Å². The van der Waals surface area contributed by atoms with Crippen molar-refractivity contribution in [3.05, 3.63) is 35.9 Å². The lowest BCUT2D eigenvalue weighted by atomic mass is 9.93. The minimum absolute atomic E-state index is 0.0278. The molecule has 2 N–H and O–H groups in total. The van der Waals surface area contributed by atoms with Crippen molar-refractivity contribution in [2.45, 2.75) is 70.4 Å². The zero-order chi connectivity index (χ0) is 19.1. The average molecular weight is 372 g/mol. The molecule has 148 valence electrons. The first-order valence-electron chi connectivity index (χ1n) is 10.5. The van der Waals surface area contributed by atoms with Gasteiger partial charge in [-0.2, -0.15) is 0 Å². The normalized spacial score (nSPS) is 20.1. The number of nitrogens with zero attached hydrogens (tertiary/aromatic N) is 1. The molecule has 0 unspecified atom stereocenters. The van der Waals surface area contributed by atoms with Crippen LogP contribution in [0.5, 0.6) is 0 Å². The zero-order valence-electron chi connectivity index (χ0n) is 16.5. The van der Waals surface area contributed by atoms with Gasteiger partial charge in [0.1, 0.15) is 0 Å². The number of hydrogen-bond acceptors (Lipinski definition) is 2. The van der Waals surface area contributed by atoms with Gasteiger partial charge in [0.15, 0.2) is 0 Å². The van der Waals surface area contributed by atoms with Crippen molar-refractivity contribution >= 4 is 11.9 Å². The van der Waals surface area contributed by atoms with Crippen LogP contribution in [-0.2, 0) is 4.79 Å². The molecule has 1 aromatic rings. The molecule has 1 saturated heterocycles. The molecule has 2 aliphatic rings. The SMILES string of the molecule is C[C@@H](NC(=O)CC1CCN(C(=O)NC2CCCCC2)CC1)c1ccccc1. The average Bonchev–Trinajstić information content (AvgIpc) is 2.70. The minimum atomic E-state index is 0.0278. The Morgan fingerprint density at radius 1 is 1.04 bits per heavy atom. The molecule has 1 atom stereocenters. The Bertz CT molecular complexity index is 605. The molecule has 27 heavy (non-hydrogen) atoms. The lowest BCUT2D eigenvalue weighted by Crippen LogP contribution is -2.48. The van der Waals surface area contributed by atoms with Crippen LogP contribution in [0.2, 0.25) is 0 Å². The Morgan fingerprint density at radius 3 is 2.37 bits per heavy atom. The van der Waals surface area contributed by atoms with Gasteiger partial charge in [0.05, 0.1) is 6.04 Å². The van der Waals surface area contributed by atoms with Crippen LogP contribution >= 0.6 is 0 Å². The number of amides is 3. The van der Waals surface area contributed by atoms with Crippen molar-refractivity contribution < 1.29 is 9.59 Å². The summed E-state index contributed by atoms with van der Waals surface area (Å²) in [6.07, 6.45) is 8.34. The second-order valence-electron chi connectivity index (χ2n) is 8.12. The van der Waals surface area contributed by atoms with Gasteiger partial charge in [-0.25, -0.2) is 4.79 Å². The fourth-order valence-electron chi connectivity index (χ4n) is 4.24. The van der Waals surface area contributed by atoms with E-state index in [-0.39, 0.29) is 18.0 Å². The fourth-order valence-corrected chi connectivity index (χ4v) is 4.24. The second kappa shape index (κ2) is 9.77. The van der Waals surface area contributed by atoms with E-state index in [1.54, 1.807) is 0 Å². The molecule has 0 bridgehead atoms. The van der Waals surface area contributed by atoms with Crippen molar-refractivity contribution in [1.29, 1.82) is 0 Å². The Morgan fingerprint density at radius 2 is 1.70 bits per heavy atom. The Balaban J connectivity index is 1.37. The van der Waals surface area contributed by atoms with Gasteiger partial charge < -0.3 is 15.5 Å². The number of carbonyl (C=O) groups is 2. The van der Waals surface area contributed by atoms with Gasteiger partial charge >= 0.3 is 6.03 Å². The molecule has 0 aromatic heterocycles. The Labute approximate surface area is 162 Å². The van der Waals surface area contributed by atoms with Crippen LogP contribution in [0.4, 0.5) is 4.79 Å². The highest BCUT2D eigenvalue weighted by Gasteiger charge is 2.26. The molecule has 3 amide bonds. The van der Waals surface area contributed by atoms with Gasteiger partial charge in [0, 0.05) is 25.6 Å². The maximum Gasteiger partial charge on any atom is 0.317 e. The molecule has 1 aliphatic carbocycles. The third-order valence-electron chi connectivity index (χ3n) is 5.99. The number of piperidine rings is 1. The lowest BCUT2D eigenvalue weighted by molar-refractivity contribution is -0.122. The van der Waals surface area contributed by atoms with Crippen molar-refractivity contribution in [2.24, 2.45) is 5.92 Å². The van der Waals surface area contributed by atoms with Crippen LogP contribution in [0.3, 0.4) is 0 Å². The maximum absolute atomic E-state index is 12.4. The molecular formula is C22H33N3O2. The highest BCUT2D eigenvalue weighted by molar-refractivity contribution is 5.77. The van der Waals surface area contributed by atoms with Crippen LogP contribution in [0.15, 0.2) is 30.3 Å². The molecule has 5 heteroatoms. The minimum Gasteiger partial charge on any atom is -0.350 e. The van der Waals surface area contributed by atoms with Crippen LogP contribution in [0.25, 0.3) is 0 Å². The number of carbonyl (C=O) groups excluding carboxylic acids is 2. The third kappa shape index (κ3) is 5.98. The molecule has 1 heterocycles. The summed E-state index contributed by atoms with van der Waals surface area (Å²) in [5, 5.41) is 6.30. The summed E-state index contributed by atoms with van der Waals surface area (Å²) < 4.78 is 0. The first-order chi connectivity index (χ1) is 13.1. The number of benzene rings is 1. The number of nitrogens with one attached hydrogen (secondary N) is 2. The van der Waals surface area contributed by atoms with Crippen molar-refractivity contribution in [2.75, 3.05) is 13.1 Å². The summed E-state index contributed by atoms with van der Waals surface area (Å²) in [6, 6.07) is 10.5. The van der Waals surface area contributed by atoms with Gasteiger partial charge in [0.25, 0.3) is 0 Å². The van der Waals surface area contributed by atoms with E-state index >= 15 is 0 Å². The fraction of sp³-hybridized carbons (Fsp3) is 0.636. The number of rotatable bonds is 5. The van der Waals surface area contributed by atoms with Crippen LogP contribution < -0.4 is 10.6 Å². The summed E-state index contributed by atoms with van der Waals surface area (Å²) in [6.45, 7) is 3.53. The van der Waals surface area contributed by atoms with E-state index in [9.17, 15) is 9.59 Å². The molecule has 3 rings (SSSR count). The summed E-state index contributed by atoms with van der Waals surface area (Å²) >= 11 is 0. The molecule has 2 fully saturated rings. The number of urea groups is 1. The first kappa shape index (κ1) is 19.7. The van der Waals surface area contributed by atoms with E-state index in [0.717, 1.165) is 44.3 Å². The number of hydrogen-bond donors (Lipinski definition) is 2. The Hall–Kier alpha value is -2.04. The monoisotopic (exact) mass is 371 g/mol. The largest absolute Gasteiger partial charge is 0.350 e. The van der Waals surface area contributed by atoms with E-state index in [0.29, 0.717) is 18.4 Å². The van der Waals surface area contributed by atoms with Crippen molar-refractivity contribution in [3.63, 3.8) is 0 Å². The molecule has 5 nitrogen and oxygen atoms in total. The maximum atomic E-state index is 12.4. The zero-order valence-corrected chi connectivity index (χ0v) is 16.5. The van der Waals surface area contributed by atoms with Crippen LogP contribution in [0.1, 0.15) is 69.9 Å². The van der Waals surface area contributed by atoms with E-state index in [1.807, 2.05) is 42.2 Å². The van der Waals surface area contributed by atoms with Gasteiger partial charge in [-0.1, -0.05) is 49.6 Å². The molecule has 1 aromatic carbocycles. The van der Waals surface area contributed by atoms with Crippen molar-refractivity contribution in [1.82, 2.24) is 15.5 Å². The third-order valence-corrected chi connectivity index (χ3v) is 5.99. The van der Waals surface area contributed by atoms with Crippen LogP contribution in [-0.4, -0.2) is 36.0 Å². The summed E-state index contributed by atoms with van der Waals surface area (Å²) in [7, 11) is 0. The van der Waals surface area contributed by atoms with Gasteiger partial charge in [-0.15, -0.1) is 0 Å². The molecule has 0 radical (unpaired) electrons. The topological polar surface area (TPSA) is 61.4 Å². The quantitative estimate of drug-likeness (QED) is 0.821. The molecular weight excluding hydrogens is 338 g/mol. The highest BCUT2D eigenvalue weighted by atomic mass is 16.2. The Kier molecular flexibility index (Phi) is 7.13. The second-order valence-corrected chi connectivity index (χ2v) is 8.12. The summed E-state index contributed by atoms with van der Waals surface area (Å²) in [4.78, 5) is 26.7. The van der Waals surface area contributed by atoms with E-state index < -0.39 is 0 Å². The van der Waals surface area contributed by atoms with Crippen molar-refractivity contribution in [3.8, 4) is 0 Å². The summed E-state index contributed by atoms with van der Waals surface area (Å²) in [5.41, 5.74) is 1.13. The van der Waals surface area contributed by atoms with Gasteiger partial charge in [0.2, 0.25) is 5.91 Å². The van der Waals surface area contributed by atoms with Crippen LogP contribution in [0, 0.1) is 5.92 Å². The van der Waals surface area contributed by atoms with Gasteiger partial charge in [-0.3, -0.25) is 4.79 Å². The highest BCUT2D eigenvalue weighted by Crippen LogP contribution is 2.22.